The zero-order valence-corrected chi connectivity index (χ0v) is 13.6. The van der Waals surface area contributed by atoms with Gasteiger partial charge >= 0.3 is 0 Å². The third kappa shape index (κ3) is 2.41. The first-order valence-corrected chi connectivity index (χ1v) is 9.03. The molecule has 0 aromatic heterocycles. The van der Waals surface area contributed by atoms with Gasteiger partial charge in [-0.3, -0.25) is 0 Å². The lowest BCUT2D eigenvalue weighted by atomic mass is 9.84. The van der Waals surface area contributed by atoms with E-state index >= 15 is 0 Å². The molecule has 4 aliphatic rings. The van der Waals surface area contributed by atoms with Crippen molar-refractivity contribution in [2.24, 2.45) is 5.92 Å². The molecule has 118 valence electrons. The van der Waals surface area contributed by atoms with E-state index in [1.165, 1.54) is 60.3 Å². The van der Waals surface area contributed by atoms with Crippen LogP contribution in [-0.2, 0) is 13.0 Å². The molecule has 23 heavy (non-hydrogen) atoms. The molecule has 0 saturated carbocycles. The third-order valence-corrected chi connectivity index (χ3v) is 6.08. The summed E-state index contributed by atoms with van der Waals surface area (Å²) in [6.45, 7) is 4.90. The van der Waals surface area contributed by atoms with Crippen LogP contribution in [0.25, 0.3) is 11.1 Å². The molecule has 3 saturated heterocycles. The maximum atomic E-state index is 3.84. The number of benzene rings is 2. The number of hydrogen-bond acceptors (Lipinski definition) is 2. The average Bonchev–Trinajstić information content (AvgIpc) is 2.99. The van der Waals surface area contributed by atoms with Gasteiger partial charge < -0.3 is 10.2 Å². The van der Waals surface area contributed by atoms with Crippen LogP contribution in [0.3, 0.4) is 0 Å². The highest BCUT2D eigenvalue weighted by Crippen LogP contribution is 2.36. The van der Waals surface area contributed by atoms with Gasteiger partial charge in [0.05, 0.1) is 0 Å². The highest BCUT2D eigenvalue weighted by atomic mass is 15.2. The summed E-state index contributed by atoms with van der Waals surface area (Å²) < 4.78 is 0. The van der Waals surface area contributed by atoms with Crippen LogP contribution in [0.2, 0.25) is 0 Å². The van der Waals surface area contributed by atoms with Gasteiger partial charge in [0.1, 0.15) is 0 Å². The second-order valence-corrected chi connectivity index (χ2v) is 7.45. The molecule has 1 atom stereocenters. The number of nitrogens with one attached hydrogen (secondary N) is 1. The van der Waals surface area contributed by atoms with Crippen LogP contribution in [0.4, 0.5) is 0 Å². The zero-order chi connectivity index (χ0) is 15.2. The van der Waals surface area contributed by atoms with Crippen LogP contribution in [-0.4, -0.2) is 30.6 Å². The minimum absolute atomic E-state index is 0.697. The lowest BCUT2D eigenvalue weighted by molar-refractivity contribution is 0.0720. The predicted molar refractivity (Wildman–Crippen MR) is 94.5 cm³/mol. The Morgan fingerprint density at radius 3 is 2.61 bits per heavy atom. The van der Waals surface area contributed by atoms with E-state index in [2.05, 4.69) is 52.7 Å². The van der Waals surface area contributed by atoms with Crippen LogP contribution in [0.1, 0.15) is 29.5 Å². The molecule has 1 aliphatic carbocycles. The highest BCUT2D eigenvalue weighted by molar-refractivity contribution is 5.76. The minimum atomic E-state index is 0.697. The first-order chi connectivity index (χ1) is 11.4. The minimum Gasteiger partial charge on any atom is -0.308 e. The Hall–Kier alpha value is -1.64. The van der Waals surface area contributed by atoms with Gasteiger partial charge in [-0.2, -0.15) is 0 Å². The third-order valence-electron chi connectivity index (χ3n) is 6.08. The molecular formula is C21H24N2. The number of fused-ring (bicyclic) bond motifs is 6. The number of hydrogen-bond donors (Lipinski definition) is 1. The molecule has 2 aromatic rings. The van der Waals surface area contributed by atoms with E-state index in [0.29, 0.717) is 6.04 Å². The van der Waals surface area contributed by atoms with E-state index in [-0.39, 0.29) is 0 Å². The fourth-order valence-corrected chi connectivity index (χ4v) is 4.75. The van der Waals surface area contributed by atoms with Crippen LogP contribution in [0.5, 0.6) is 0 Å². The van der Waals surface area contributed by atoms with Crippen molar-refractivity contribution in [3.05, 3.63) is 59.2 Å². The molecule has 0 radical (unpaired) electrons. The summed E-state index contributed by atoms with van der Waals surface area (Å²) in [5.41, 5.74) is 7.28. The van der Waals surface area contributed by atoms with Gasteiger partial charge in [0.25, 0.3) is 0 Å². The Balaban J connectivity index is 1.31. The summed E-state index contributed by atoms with van der Waals surface area (Å²) in [5, 5.41) is 3.84. The monoisotopic (exact) mass is 304 g/mol. The van der Waals surface area contributed by atoms with Gasteiger partial charge in [-0.1, -0.05) is 42.5 Å². The van der Waals surface area contributed by atoms with Crippen molar-refractivity contribution < 1.29 is 0 Å². The Bertz CT molecular complexity index is 728. The fraction of sp³-hybridized carbons (Fsp3) is 0.429. The highest BCUT2D eigenvalue weighted by Gasteiger charge is 2.33. The van der Waals surface area contributed by atoms with Gasteiger partial charge in [-0.25, -0.2) is 0 Å². The molecule has 2 heteroatoms. The molecule has 3 heterocycles. The topological polar surface area (TPSA) is 15.3 Å². The molecule has 1 N–H and O–H groups in total. The maximum absolute atomic E-state index is 3.84. The van der Waals surface area contributed by atoms with Crippen molar-refractivity contribution in [3.63, 3.8) is 0 Å². The Morgan fingerprint density at radius 2 is 1.78 bits per heavy atom. The molecule has 2 aromatic carbocycles. The second kappa shape index (κ2) is 5.47. The molecule has 2 nitrogen and oxygen atoms in total. The van der Waals surface area contributed by atoms with E-state index in [1.807, 2.05) is 0 Å². The van der Waals surface area contributed by atoms with Crippen molar-refractivity contribution in [1.29, 1.82) is 0 Å². The van der Waals surface area contributed by atoms with Crippen molar-refractivity contribution in [3.8, 4) is 11.1 Å². The Morgan fingerprint density at radius 1 is 0.957 bits per heavy atom. The van der Waals surface area contributed by atoms with Crippen LogP contribution < -0.4 is 5.32 Å². The van der Waals surface area contributed by atoms with E-state index in [1.54, 1.807) is 0 Å². The Labute approximate surface area is 138 Å². The number of piperidine rings is 3. The van der Waals surface area contributed by atoms with E-state index < -0.39 is 0 Å². The summed E-state index contributed by atoms with van der Waals surface area (Å²) in [5.74, 6) is 0.902. The van der Waals surface area contributed by atoms with E-state index in [9.17, 15) is 0 Å². The maximum Gasteiger partial charge on any atom is 0.0227 e. The normalized spacial score (nSPS) is 27.7. The number of nitrogens with zero attached hydrogens (tertiary/aromatic N) is 1. The standard InChI is InChI=1S/C21H24N2/c1-2-4-19-17(3-1)12-18-11-15(5-6-20(18)19)13-22-21-14-23-9-7-16(21)8-10-23/h1-6,11,16,21-22H,7-10,12-14H2. The molecule has 0 spiro atoms. The Kier molecular flexibility index (Phi) is 3.27. The smallest absolute Gasteiger partial charge is 0.0227 e. The largest absolute Gasteiger partial charge is 0.308 e. The van der Waals surface area contributed by atoms with Crippen molar-refractivity contribution >= 4 is 0 Å². The SMILES string of the molecule is c1ccc2c(c1)Cc1cc(CNC3CN4CCC3CC4)ccc1-2. The quantitative estimate of drug-likeness (QED) is 0.797. The van der Waals surface area contributed by atoms with E-state index in [0.717, 1.165) is 18.9 Å². The van der Waals surface area contributed by atoms with Crippen molar-refractivity contribution in [1.82, 2.24) is 10.2 Å². The molecular weight excluding hydrogens is 280 g/mol. The molecule has 3 fully saturated rings. The zero-order valence-electron chi connectivity index (χ0n) is 13.6. The molecule has 2 bridgehead atoms. The molecule has 0 amide bonds. The summed E-state index contributed by atoms with van der Waals surface area (Å²) in [7, 11) is 0. The van der Waals surface area contributed by atoms with Crippen molar-refractivity contribution in [2.75, 3.05) is 19.6 Å². The first-order valence-electron chi connectivity index (χ1n) is 9.03. The van der Waals surface area contributed by atoms with Crippen LogP contribution in [0, 0.1) is 5.92 Å². The first kappa shape index (κ1) is 13.8. The molecule has 3 aliphatic heterocycles. The second-order valence-electron chi connectivity index (χ2n) is 7.45. The predicted octanol–water partition coefficient (Wildman–Crippen LogP) is 3.44. The van der Waals surface area contributed by atoms with Gasteiger partial charge in [0.2, 0.25) is 0 Å². The molecule has 6 rings (SSSR count). The average molecular weight is 304 g/mol. The summed E-state index contributed by atoms with van der Waals surface area (Å²) in [6, 6.07) is 16.6. The van der Waals surface area contributed by atoms with E-state index in [4.69, 9.17) is 0 Å². The lowest BCUT2D eigenvalue weighted by Gasteiger charge is -2.45. The van der Waals surface area contributed by atoms with Crippen LogP contribution in [0.15, 0.2) is 42.5 Å². The van der Waals surface area contributed by atoms with Crippen molar-refractivity contribution in [2.45, 2.75) is 31.8 Å². The van der Waals surface area contributed by atoms with Crippen LogP contribution >= 0.6 is 0 Å². The number of rotatable bonds is 3. The lowest BCUT2D eigenvalue weighted by Crippen LogP contribution is -2.55. The van der Waals surface area contributed by atoms with Gasteiger partial charge in [0.15, 0.2) is 0 Å². The fourth-order valence-electron chi connectivity index (χ4n) is 4.75. The molecule has 1 unspecified atom stereocenters. The summed E-state index contributed by atoms with van der Waals surface area (Å²) in [4.78, 5) is 2.62. The van der Waals surface area contributed by atoms with Gasteiger partial charge in [-0.05, 0) is 66.1 Å². The summed E-state index contributed by atoms with van der Waals surface area (Å²) >= 11 is 0. The summed E-state index contributed by atoms with van der Waals surface area (Å²) in [6.07, 6.45) is 3.87. The van der Waals surface area contributed by atoms with Gasteiger partial charge in [-0.15, -0.1) is 0 Å². The van der Waals surface area contributed by atoms with Gasteiger partial charge in [0, 0.05) is 19.1 Å².